The zero-order chi connectivity index (χ0) is 15.4. The molecule has 2 aromatic rings. The van der Waals surface area contributed by atoms with E-state index < -0.39 is 6.10 Å². The van der Waals surface area contributed by atoms with Gasteiger partial charge in [0.2, 0.25) is 0 Å². The largest absolute Gasteiger partial charge is 0.495 e. The number of carbonyl (C=O) groups excluding carboxylic acids is 1. The van der Waals surface area contributed by atoms with E-state index in [2.05, 4.69) is 5.32 Å². The standard InChI is InChI=1S/C16H18N2O3/c1-10(19)11-3-6-13(7-4-11)18-16(20)12-5-8-15(21-2)14(17)9-12/h3-10,19H,17H2,1-2H3,(H,18,20)/t10-/m1/s1. The van der Waals surface area contributed by atoms with Crippen LogP contribution in [0, 0.1) is 0 Å². The Balaban J connectivity index is 2.12. The van der Waals surface area contributed by atoms with Crippen molar-refractivity contribution in [3.8, 4) is 5.75 Å². The highest BCUT2D eigenvalue weighted by molar-refractivity contribution is 6.05. The highest BCUT2D eigenvalue weighted by Crippen LogP contribution is 2.22. The van der Waals surface area contributed by atoms with E-state index in [0.29, 0.717) is 22.7 Å². The Kier molecular flexibility index (Phi) is 4.45. The van der Waals surface area contributed by atoms with Crippen LogP contribution in [-0.4, -0.2) is 18.1 Å². The van der Waals surface area contributed by atoms with Gasteiger partial charge in [-0.15, -0.1) is 0 Å². The van der Waals surface area contributed by atoms with E-state index >= 15 is 0 Å². The van der Waals surface area contributed by atoms with Crippen LogP contribution in [0.2, 0.25) is 0 Å². The smallest absolute Gasteiger partial charge is 0.255 e. The van der Waals surface area contributed by atoms with Gasteiger partial charge in [0.05, 0.1) is 18.9 Å². The minimum Gasteiger partial charge on any atom is -0.495 e. The number of ether oxygens (including phenoxy) is 1. The molecule has 110 valence electrons. The second-order valence-corrected chi connectivity index (χ2v) is 4.71. The number of benzene rings is 2. The molecule has 0 aliphatic rings. The number of methoxy groups -OCH3 is 1. The van der Waals surface area contributed by atoms with Crippen molar-refractivity contribution in [3.63, 3.8) is 0 Å². The maximum Gasteiger partial charge on any atom is 0.255 e. The van der Waals surface area contributed by atoms with E-state index in [9.17, 15) is 9.90 Å². The molecule has 0 fully saturated rings. The number of carbonyl (C=O) groups is 1. The second-order valence-electron chi connectivity index (χ2n) is 4.71. The number of aliphatic hydroxyl groups is 1. The average Bonchev–Trinajstić information content (AvgIpc) is 2.47. The SMILES string of the molecule is COc1ccc(C(=O)Nc2ccc([C@@H](C)O)cc2)cc1N. The molecule has 1 atom stereocenters. The third-order valence-corrected chi connectivity index (χ3v) is 3.14. The number of hydrogen-bond acceptors (Lipinski definition) is 4. The van der Waals surface area contributed by atoms with Gasteiger partial charge in [0.1, 0.15) is 5.75 Å². The van der Waals surface area contributed by atoms with Gasteiger partial charge < -0.3 is 20.9 Å². The lowest BCUT2D eigenvalue weighted by Gasteiger charge is -2.09. The van der Waals surface area contributed by atoms with Crippen LogP contribution in [0.1, 0.15) is 28.9 Å². The van der Waals surface area contributed by atoms with Gasteiger partial charge in [-0.1, -0.05) is 12.1 Å². The number of nitrogen functional groups attached to an aromatic ring is 1. The lowest BCUT2D eigenvalue weighted by Crippen LogP contribution is -2.12. The molecule has 0 saturated carbocycles. The first-order chi connectivity index (χ1) is 10.0. The summed E-state index contributed by atoms with van der Waals surface area (Å²) >= 11 is 0. The molecule has 5 heteroatoms. The predicted octanol–water partition coefficient (Wildman–Crippen LogP) is 2.58. The van der Waals surface area contributed by atoms with Crippen molar-refractivity contribution >= 4 is 17.3 Å². The Morgan fingerprint density at radius 3 is 2.43 bits per heavy atom. The first-order valence-corrected chi connectivity index (χ1v) is 6.54. The van der Waals surface area contributed by atoms with Crippen LogP contribution < -0.4 is 15.8 Å². The molecular formula is C16H18N2O3. The van der Waals surface area contributed by atoms with E-state index in [4.69, 9.17) is 10.5 Å². The van der Waals surface area contributed by atoms with Gasteiger partial charge in [0.25, 0.3) is 5.91 Å². The molecule has 4 N–H and O–H groups in total. The number of aliphatic hydroxyl groups excluding tert-OH is 1. The first-order valence-electron chi connectivity index (χ1n) is 6.54. The molecule has 2 rings (SSSR count). The first kappa shape index (κ1) is 14.9. The molecule has 0 heterocycles. The number of rotatable bonds is 4. The van der Waals surface area contributed by atoms with Gasteiger partial charge in [-0.2, -0.15) is 0 Å². The maximum absolute atomic E-state index is 12.1. The van der Waals surface area contributed by atoms with Gasteiger partial charge >= 0.3 is 0 Å². The summed E-state index contributed by atoms with van der Waals surface area (Å²) in [4.78, 5) is 12.1. The number of hydrogen-bond donors (Lipinski definition) is 3. The van der Waals surface area contributed by atoms with E-state index in [0.717, 1.165) is 5.56 Å². The van der Waals surface area contributed by atoms with Crippen LogP contribution in [0.5, 0.6) is 5.75 Å². The highest BCUT2D eigenvalue weighted by atomic mass is 16.5. The van der Waals surface area contributed by atoms with Crippen molar-refractivity contribution in [1.29, 1.82) is 0 Å². The van der Waals surface area contributed by atoms with Crippen LogP contribution in [0.15, 0.2) is 42.5 Å². The van der Waals surface area contributed by atoms with Gasteiger partial charge in [-0.25, -0.2) is 0 Å². The zero-order valence-electron chi connectivity index (χ0n) is 12.0. The van der Waals surface area contributed by atoms with Gasteiger partial charge in [0.15, 0.2) is 0 Å². The number of amides is 1. The minimum absolute atomic E-state index is 0.255. The third-order valence-electron chi connectivity index (χ3n) is 3.14. The molecule has 5 nitrogen and oxygen atoms in total. The summed E-state index contributed by atoms with van der Waals surface area (Å²) in [5.41, 5.74) is 8.09. The van der Waals surface area contributed by atoms with E-state index in [-0.39, 0.29) is 5.91 Å². The van der Waals surface area contributed by atoms with Crippen molar-refractivity contribution in [2.24, 2.45) is 0 Å². The lowest BCUT2D eigenvalue weighted by atomic mass is 10.1. The van der Waals surface area contributed by atoms with Crippen molar-refractivity contribution in [1.82, 2.24) is 0 Å². The van der Waals surface area contributed by atoms with Crippen molar-refractivity contribution < 1.29 is 14.6 Å². The molecule has 0 radical (unpaired) electrons. The van der Waals surface area contributed by atoms with Crippen LogP contribution >= 0.6 is 0 Å². The quantitative estimate of drug-likeness (QED) is 0.754. The molecule has 21 heavy (non-hydrogen) atoms. The van der Waals surface area contributed by atoms with Crippen LogP contribution in [-0.2, 0) is 0 Å². The highest BCUT2D eigenvalue weighted by Gasteiger charge is 2.09. The molecule has 0 spiro atoms. The Morgan fingerprint density at radius 2 is 1.90 bits per heavy atom. The van der Waals surface area contributed by atoms with Gasteiger partial charge in [-0.05, 0) is 42.8 Å². The van der Waals surface area contributed by atoms with E-state index in [1.165, 1.54) is 7.11 Å². The summed E-state index contributed by atoms with van der Waals surface area (Å²) < 4.78 is 5.05. The fourth-order valence-corrected chi connectivity index (χ4v) is 1.92. The molecule has 2 aromatic carbocycles. The van der Waals surface area contributed by atoms with Crippen molar-refractivity contribution in [3.05, 3.63) is 53.6 Å². The van der Waals surface area contributed by atoms with Gasteiger partial charge in [0, 0.05) is 11.3 Å². The van der Waals surface area contributed by atoms with Crippen molar-refractivity contribution in [2.75, 3.05) is 18.2 Å². The Labute approximate surface area is 123 Å². The summed E-state index contributed by atoms with van der Waals surface area (Å²) in [6.07, 6.45) is -0.531. The third kappa shape index (κ3) is 3.52. The van der Waals surface area contributed by atoms with E-state index in [1.807, 2.05) is 0 Å². The summed E-state index contributed by atoms with van der Waals surface area (Å²) in [6, 6.07) is 11.9. The topological polar surface area (TPSA) is 84.6 Å². The zero-order valence-corrected chi connectivity index (χ0v) is 12.0. The summed E-state index contributed by atoms with van der Waals surface area (Å²) in [5, 5.41) is 12.2. The monoisotopic (exact) mass is 286 g/mol. The fourth-order valence-electron chi connectivity index (χ4n) is 1.92. The van der Waals surface area contributed by atoms with Crippen LogP contribution in [0.25, 0.3) is 0 Å². The Morgan fingerprint density at radius 1 is 1.24 bits per heavy atom. The number of anilines is 2. The van der Waals surface area contributed by atoms with E-state index in [1.54, 1.807) is 49.4 Å². The van der Waals surface area contributed by atoms with Crippen LogP contribution in [0.3, 0.4) is 0 Å². The number of nitrogens with two attached hydrogens (primary N) is 1. The molecule has 0 unspecified atom stereocenters. The Bertz CT molecular complexity index is 636. The maximum atomic E-state index is 12.1. The minimum atomic E-state index is -0.531. The van der Waals surface area contributed by atoms with Crippen LogP contribution in [0.4, 0.5) is 11.4 Å². The Hall–Kier alpha value is -2.53. The second kappa shape index (κ2) is 6.28. The summed E-state index contributed by atoms with van der Waals surface area (Å²) in [6.45, 7) is 1.69. The average molecular weight is 286 g/mol. The predicted molar refractivity (Wildman–Crippen MR) is 82.4 cm³/mol. The molecule has 0 aromatic heterocycles. The molecule has 0 aliphatic carbocycles. The summed E-state index contributed by atoms with van der Waals surface area (Å²) in [7, 11) is 1.52. The number of nitrogens with one attached hydrogen (secondary N) is 1. The summed E-state index contributed by atoms with van der Waals surface area (Å²) in [5.74, 6) is 0.280. The molecule has 0 aliphatic heterocycles. The molecule has 0 saturated heterocycles. The lowest BCUT2D eigenvalue weighted by molar-refractivity contribution is 0.102. The van der Waals surface area contributed by atoms with Crippen molar-refractivity contribution in [2.45, 2.75) is 13.0 Å². The molecular weight excluding hydrogens is 268 g/mol. The molecule has 1 amide bonds. The van der Waals surface area contributed by atoms with Gasteiger partial charge in [-0.3, -0.25) is 4.79 Å². The fraction of sp³-hybridized carbons (Fsp3) is 0.188. The normalized spacial score (nSPS) is 11.8. The molecule has 0 bridgehead atoms.